The zero-order valence-electron chi connectivity index (χ0n) is 6.44. The predicted octanol–water partition coefficient (Wildman–Crippen LogP) is 1.30. The third-order valence-electron chi connectivity index (χ3n) is 1.84. The Morgan fingerprint density at radius 2 is 1.92 bits per heavy atom. The van der Waals surface area contributed by atoms with Gasteiger partial charge in [-0.2, -0.15) is 0 Å². The highest BCUT2D eigenvalue weighted by Crippen LogP contribution is 2.15. The molecule has 0 aliphatic heterocycles. The van der Waals surface area contributed by atoms with Crippen molar-refractivity contribution in [1.29, 1.82) is 0 Å². The van der Waals surface area contributed by atoms with E-state index in [2.05, 4.69) is 9.97 Å². The van der Waals surface area contributed by atoms with Crippen molar-refractivity contribution in [3.05, 3.63) is 34.0 Å². The zero-order chi connectivity index (χ0) is 8.72. The molecule has 1 aromatic carbocycles. The average Bonchev–Trinajstić information content (AvgIpc) is 2.41. The van der Waals surface area contributed by atoms with Crippen LogP contribution in [0.4, 0.5) is 4.39 Å². The number of H-pyrrole nitrogens is 2. The molecule has 0 saturated carbocycles. The second kappa shape index (κ2) is 2.20. The molecule has 2 rings (SSSR count). The summed E-state index contributed by atoms with van der Waals surface area (Å²) in [5, 5.41) is 0. The van der Waals surface area contributed by atoms with Gasteiger partial charge in [0, 0.05) is 0 Å². The third-order valence-corrected chi connectivity index (χ3v) is 1.84. The molecule has 3 nitrogen and oxygen atoms in total. The van der Waals surface area contributed by atoms with Crippen LogP contribution in [0.3, 0.4) is 0 Å². The highest BCUT2D eigenvalue weighted by atomic mass is 19.1. The SMILES string of the molecule is Cc1ccc(F)c2[nH]c(=O)[nH]c12. The number of aromatic amines is 2. The lowest BCUT2D eigenvalue weighted by molar-refractivity contribution is 0.637. The van der Waals surface area contributed by atoms with E-state index < -0.39 is 5.82 Å². The lowest BCUT2D eigenvalue weighted by Crippen LogP contribution is -1.99. The van der Waals surface area contributed by atoms with Crippen LogP contribution >= 0.6 is 0 Å². The van der Waals surface area contributed by atoms with E-state index in [4.69, 9.17) is 0 Å². The lowest BCUT2D eigenvalue weighted by Gasteiger charge is -1.94. The maximum atomic E-state index is 13.0. The largest absolute Gasteiger partial charge is 0.323 e. The van der Waals surface area contributed by atoms with Crippen molar-refractivity contribution in [2.75, 3.05) is 0 Å². The van der Waals surface area contributed by atoms with Crippen LogP contribution in [-0.2, 0) is 0 Å². The van der Waals surface area contributed by atoms with Crippen LogP contribution in [0.2, 0.25) is 0 Å². The van der Waals surface area contributed by atoms with Crippen LogP contribution in [0.5, 0.6) is 0 Å². The first-order valence-electron chi connectivity index (χ1n) is 3.55. The number of aryl methyl sites for hydroxylation is 1. The first-order chi connectivity index (χ1) is 5.68. The number of rotatable bonds is 0. The van der Waals surface area contributed by atoms with E-state index in [1.54, 1.807) is 6.07 Å². The summed E-state index contributed by atoms with van der Waals surface area (Å²) in [6.45, 7) is 1.81. The molecule has 0 spiro atoms. The summed E-state index contributed by atoms with van der Waals surface area (Å²) in [4.78, 5) is 15.7. The van der Waals surface area contributed by atoms with Gasteiger partial charge in [0.15, 0.2) is 0 Å². The number of hydrogen-bond donors (Lipinski definition) is 2. The Morgan fingerprint density at radius 3 is 2.58 bits per heavy atom. The van der Waals surface area contributed by atoms with E-state index in [1.165, 1.54) is 6.07 Å². The van der Waals surface area contributed by atoms with Gasteiger partial charge in [0.05, 0.1) is 5.52 Å². The molecular formula is C8H7FN2O. The fourth-order valence-corrected chi connectivity index (χ4v) is 1.22. The molecule has 0 radical (unpaired) electrons. The summed E-state index contributed by atoms with van der Waals surface area (Å²) >= 11 is 0. The molecule has 0 bridgehead atoms. The summed E-state index contributed by atoms with van der Waals surface area (Å²) in [6.07, 6.45) is 0. The van der Waals surface area contributed by atoms with Crippen molar-refractivity contribution in [3.8, 4) is 0 Å². The first-order valence-corrected chi connectivity index (χ1v) is 3.55. The number of fused-ring (bicyclic) bond motifs is 1. The zero-order valence-corrected chi connectivity index (χ0v) is 6.44. The Balaban J connectivity index is 3.03. The van der Waals surface area contributed by atoms with E-state index in [0.717, 1.165) is 5.56 Å². The van der Waals surface area contributed by atoms with Gasteiger partial charge in [0.1, 0.15) is 11.3 Å². The molecule has 2 aromatic rings. The molecule has 12 heavy (non-hydrogen) atoms. The van der Waals surface area contributed by atoms with Gasteiger partial charge >= 0.3 is 5.69 Å². The third kappa shape index (κ3) is 0.845. The lowest BCUT2D eigenvalue weighted by atomic mass is 10.2. The molecule has 0 unspecified atom stereocenters. The number of halogens is 1. The highest BCUT2D eigenvalue weighted by Gasteiger charge is 2.05. The van der Waals surface area contributed by atoms with Gasteiger partial charge in [0.2, 0.25) is 0 Å². The summed E-state index contributed by atoms with van der Waals surface area (Å²) in [7, 11) is 0. The van der Waals surface area contributed by atoms with Crippen molar-refractivity contribution >= 4 is 11.0 Å². The van der Waals surface area contributed by atoms with Crippen molar-refractivity contribution in [2.24, 2.45) is 0 Å². The fraction of sp³-hybridized carbons (Fsp3) is 0.125. The second-order valence-corrected chi connectivity index (χ2v) is 2.69. The number of nitrogens with one attached hydrogen (secondary N) is 2. The normalized spacial score (nSPS) is 10.8. The Morgan fingerprint density at radius 1 is 1.25 bits per heavy atom. The molecular weight excluding hydrogens is 159 g/mol. The van der Waals surface area contributed by atoms with Gasteiger partial charge < -0.3 is 9.97 Å². The summed E-state index contributed by atoms with van der Waals surface area (Å²) in [5.41, 5.74) is 1.27. The summed E-state index contributed by atoms with van der Waals surface area (Å²) in [6, 6.07) is 2.96. The van der Waals surface area contributed by atoms with E-state index in [9.17, 15) is 9.18 Å². The number of aromatic nitrogens is 2. The summed E-state index contributed by atoms with van der Waals surface area (Å²) < 4.78 is 13.0. The van der Waals surface area contributed by atoms with Gasteiger partial charge in [-0.15, -0.1) is 0 Å². The van der Waals surface area contributed by atoms with Crippen LogP contribution in [0, 0.1) is 12.7 Å². The van der Waals surface area contributed by atoms with Gasteiger partial charge in [-0.3, -0.25) is 0 Å². The van der Waals surface area contributed by atoms with Gasteiger partial charge in [0.25, 0.3) is 0 Å². The maximum absolute atomic E-state index is 13.0. The Bertz CT molecular complexity index is 441. The molecule has 0 aliphatic rings. The van der Waals surface area contributed by atoms with Gasteiger partial charge in [-0.05, 0) is 18.6 Å². The van der Waals surface area contributed by atoms with Crippen molar-refractivity contribution in [1.82, 2.24) is 9.97 Å². The standard InChI is InChI=1S/C8H7FN2O/c1-4-2-3-5(9)7-6(4)10-8(12)11-7/h2-3H,1H3,(H2,10,11,12). The molecule has 0 aliphatic carbocycles. The van der Waals surface area contributed by atoms with Crippen molar-refractivity contribution in [3.63, 3.8) is 0 Å². The smallest absolute Gasteiger partial charge is 0.305 e. The summed E-state index contributed by atoms with van der Waals surface area (Å²) in [5.74, 6) is -0.408. The number of hydrogen-bond acceptors (Lipinski definition) is 1. The molecule has 1 aromatic heterocycles. The van der Waals surface area contributed by atoms with Gasteiger partial charge in [-0.1, -0.05) is 6.07 Å². The number of imidazole rings is 1. The van der Waals surface area contributed by atoms with Crippen LogP contribution in [0.15, 0.2) is 16.9 Å². The maximum Gasteiger partial charge on any atom is 0.323 e. The van der Waals surface area contributed by atoms with Gasteiger partial charge in [-0.25, -0.2) is 9.18 Å². The molecule has 0 saturated heterocycles. The minimum absolute atomic E-state index is 0.250. The minimum atomic E-state index is -0.408. The molecule has 2 N–H and O–H groups in total. The number of benzene rings is 1. The van der Waals surface area contributed by atoms with E-state index in [-0.39, 0.29) is 11.2 Å². The topological polar surface area (TPSA) is 48.6 Å². The molecule has 4 heteroatoms. The van der Waals surface area contributed by atoms with Crippen LogP contribution < -0.4 is 5.69 Å². The molecule has 62 valence electrons. The Hall–Kier alpha value is -1.58. The second-order valence-electron chi connectivity index (χ2n) is 2.69. The van der Waals surface area contributed by atoms with Crippen LogP contribution in [-0.4, -0.2) is 9.97 Å². The Kier molecular flexibility index (Phi) is 1.30. The van der Waals surface area contributed by atoms with E-state index in [0.29, 0.717) is 5.52 Å². The fourth-order valence-electron chi connectivity index (χ4n) is 1.22. The van der Waals surface area contributed by atoms with Crippen LogP contribution in [0.1, 0.15) is 5.56 Å². The van der Waals surface area contributed by atoms with Crippen molar-refractivity contribution in [2.45, 2.75) is 6.92 Å². The van der Waals surface area contributed by atoms with E-state index in [1.807, 2.05) is 6.92 Å². The molecule has 0 fully saturated rings. The molecule has 0 atom stereocenters. The molecule has 0 amide bonds. The minimum Gasteiger partial charge on any atom is -0.305 e. The predicted molar refractivity (Wildman–Crippen MR) is 43.6 cm³/mol. The van der Waals surface area contributed by atoms with Crippen molar-refractivity contribution < 1.29 is 4.39 Å². The Labute approximate surface area is 67.2 Å². The quantitative estimate of drug-likeness (QED) is 0.609. The van der Waals surface area contributed by atoms with E-state index >= 15 is 0 Å². The molecule has 1 heterocycles. The first kappa shape index (κ1) is 7.09. The average molecular weight is 166 g/mol. The monoisotopic (exact) mass is 166 g/mol. The van der Waals surface area contributed by atoms with Crippen LogP contribution in [0.25, 0.3) is 11.0 Å². The highest BCUT2D eigenvalue weighted by molar-refractivity contribution is 5.78.